The molecule has 0 saturated carbocycles. The molecule has 2 aromatic carbocycles. The summed E-state index contributed by atoms with van der Waals surface area (Å²) in [4.78, 5) is 0. The van der Waals surface area contributed by atoms with Gasteiger partial charge in [-0.3, -0.25) is 0 Å². The summed E-state index contributed by atoms with van der Waals surface area (Å²) in [6.45, 7) is 6.65. The quantitative estimate of drug-likeness (QED) is 0.697. The van der Waals surface area contributed by atoms with Crippen molar-refractivity contribution >= 4 is 11.4 Å². The highest BCUT2D eigenvalue weighted by Gasteiger charge is 2.02. The monoisotopic (exact) mass is 254 g/mol. The molecule has 0 heterocycles. The number of hydrogen-bond acceptors (Lipinski definition) is 3. The van der Waals surface area contributed by atoms with E-state index >= 15 is 0 Å². The van der Waals surface area contributed by atoms with Gasteiger partial charge in [0.25, 0.3) is 0 Å². The van der Waals surface area contributed by atoms with Crippen molar-refractivity contribution in [3.8, 4) is 5.75 Å². The summed E-state index contributed by atoms with van der Waals surface area (Å²) in [6, 6.07) is 13.9. The first kappa shape index (κ1) is 13.3. The summed E-state index contributed by atoms with van der Waals surface area (Å²) in [7, 11) is 0. The summed E-state index contributed by atoms with van der Waals surface area (Å²) in [5.74, 6) is 0.768. The molecule has 0 atom stereocenters. The fourth-order valence-electron chi connectivity index (χ4n) is 1.78. The van der Waals surface area contributed by atoms with E-state index < -0.39 is 0 Å². The number of ether oxygens (including phenoxy) is 1. The van der Waals surface area contributed by atoms with Crippen molar-refractivity contribution in [1.82, 2.24) is 0 Å². The maximum absolute atomic E-state index is 5.55. The van der Waals surface area contributed by atoms with Crippen LogP contribution in [0.4, 0.5) is 11.4 Å². The van der Waals surface area contributed by atoms with Crippen molar-refractivity contribution in [2.45, 2.75) is 20.8 Å². The van der Waals surface area contributed by atoms with E-state index in [0.29, 0.717) is 6.61 Å². The lowest BCUT2D eigenvalue weighted by Crippen LogP contribution is -1.91. The molecule has 0 unspecified atom stereocenters. The van der Waals surface area contributed by atoms with Gasteiger partial charge in [-0.2, -0.15) is 5.11 Å². The third-order valence-corrected chi connectivity index (χ3v) is 2.69. The third kappa shape index (κ3) is 3.65. The minimum atomic E-state index is 0.621. The normalized spacial score (nSPS) is 10.9. The van der Waals surface area contributed by atoms with Gasteiger partial charge in [0.1, 0.15) is 11.4 Å². The minimum Gasteiger partial charge on any atom is -0.492 e. The summed E-state index contributed by atoms with van der Waals surface area (Å²) in [5.41, 5.74) is 3.93. The maximum Gasteiger partial charge on any atom is 0.146 e. The van der Waals surface area contributed by atoms with Gasteiger partial charge in [-0.25, -0.2) is 0 Å². The summed E-state index contributed by atoms with van der Waals surface area (Å²) < 4.78 is 5.55. The largest absolute Gasteiger partial charge is 0.492 e. The molecule has 0 spiro atoms. The van der Waals surface area contributed by atoms with Crippen LogP contribution < -0.4 is 4.74 Å². The number of benzene rings is 2. The van der Waals surface area contributed by atoms with Crippen LogP contribution in [0, 0.1) is 13.8 Å². The minimum absolute atomic E-state index is 0.621. The topological polar surface area (TPSA) is 34.0 Å². The van der Waals surface area contributed by atoms with Gasteiger partial charge < -0.3 is 4.74 Å². The van der Waals surface area contributed by atoms with Crippen LogP contribution in [0.2, 0.25) is 0 Å². The van der Waals surface area contributed by atoms with Gasteiger partial charge >= 0.3 is 0 Å². The average molecular weight is 254 g/mol. The molecular weight excluding hydrogens is 236 g/mol. The van der Waals surface area contributed by atoms with Crippen LogP contribution in [0.1, 0.15) is 18.1 Å². The Labute approximate surface area is 114 Å². The van der Waals surface area contributed by atoms with Gasteiger partial charge in [0.15, 0.2) is 0 Å². The lowest BCUT2D eigenvalue weighted by atomic mass is 10.2. The highest BCUT2D eigenvalue weighted by Crippen LogP contribution is 2.30. The van der Waals surface area contributed by atoms with E-state index in [4.69, 9.17) is 4.74 Å². The molecule has 98 valence electrons. The first-order valence-corrected chi connectivity index (χ1v) is 6.41. The Balaban J connectivity index is 2.29. The van der Waals surface area contributed by atoms with E-state index in [-0.39, 0.29) is 0 Å². The Bertz CT molecular complexity index is 591. The Morgan fingerprint density at radius 3 is 2.47 bits per heavy atom. The maximum atomic E-state index is 5.55. The Hall–Kier alpha value is -2.16. The second-order valence-electron chi connectivity index (χ2n) is 4.44. The van der Waals surface area contributed by atoms with E-state index in [1.165, 1.54) is 5.56 Å². The molecule has 2 rings (SSSR count). The average Bonchev–Trinajstić information content (AvgIpc) is 2.39. The first-order chi connectivity index (χ1) is 9.19. The number of aryl methyl sites for hydroxylation is 2. The number of rotatable bonds is 4. The second-order valence-corrected chi connectivity index (χ2v) is 4.44. The third-order valence-electron chi connectivity index (χ3n) is 2.69. The molecule has 0 N–H and O–H groups in total. The van der Waals surface area contributed by atoms with Gasteiger partial charge in [-0.15, -0.1) is 5.11 Å². The van der Waals surface area contributed by atoms with Crippen molar-refractivity contribution in [2.24, 2.45) is 10.2 Å². The zero-order valence-corrected chi connectivity index (χ0v) is 11.6. The summed E-state index contributed by atoms with van der Waals surface area (Å²) >= 11 is 0. The molecule has 19 heavy (non-hydrogen) atoms. The Kier molecular flexibility index (Phi) is 4.29. The van der Waals surface area contributed by atoms with Gasteiger partial charge in [0, 0.05) is 0 Å². The van der Waals surface area contributed by atoms with Crippen LogP contribution in [0.5, 0.6) is 5.75 Å². The molecule has 3 nitrogen and oxygen atoms in total. The van der Waals surface area contributed by atoms with Crippen molar-refractivity contribution in [1.29, 1.82) is 0 Å². The van der Waals surface area contributed by atoms with Crippen LogP contribution in [0.3, 0.4) is 0 Å². The van der Waals surface area contributed by atoms with Gasteiger partial charge in [-0.1, -0.05) is 18.2 Å². The fourth-order valence-corrected chi connectivity index (χ4v) is 1.78. The smallest absolute Gasteiger partial charge is 0.146 e. The second kappa shape index (κ2) is 6.14. The van der Waals surface area contributed by atoms with Crippen molar-refractivity contribution < 1.29 is 4.74 Å². The molecule has 0 aliphatic heterocycles. The van der Waals surface area contributed by atoms with Gasteiger partial charge in [-0.05, 0) is 56.2 Å². The molecule has 0 radical (unpaired) electrons. The van der Waals surface area contributed by atoms with E-state index in [1.54, 1.807) is 0 Å². The van der Waals surface area contributed by atoms with Gasteiger partial charge in [0.2, 0.25) is 0 Å². The molecular formula is C16H18N2O. The molecule has 0 saturated heterocycles. The molecule has 2 aromatic rings. The molecule has 0 bridgehead atoms. The van der Waals surface area contributed by atoms with E-state index in [1.807, 2.05) is 63.2 Å². The number of nitrogens with zero attached hydrogens (tertiary/aromatic N) is 2. The van der Waals surface area contributed by atoms with Crippen LogP contribution in [0.25, 0.3) is 0 Å². The summed E-state index contributed by atoms with van der Waals surface area (Å²) in [5, 5.41) is 8.56. The van der Waals surface area contributed by atoms with Crippen LogP contribution in [0.15, 0.2) is 52.7 Å². The predicted octanol–water partition coefficient (Wildman–Crippen LogP) is 5.12. The van der Waals surface area contributed by atoms with E-state index in [2.05, 4.69) is 10.2 Å². The molecule has 0 fully saturated rings. The van der Waals surface area contributed by atoms with Crippen molar-refractivity contribution in [2.75, 3.05) is 6.61 Å². The number of hydrogen-bond donors (Lipinski definition) is 0. The molecule has 0 aliphatic carbocycles. The zero-order chi connectivity index (χ0) is 13.7. The van der Waals surface area contributed by atoms with Crippen molar-refractivity contribution in [3.05, 3.63) is 53.6 Å². The Morgan fingerprint density at radius 2 is 1.74 bits per heavy atom. The molecule has 3 heteroatoms. The number of azo groups is 1. The highest BCUT2D eigenvalue weighted by molar-refractivity contribution is 5.53. The van der Waals surface area contributed by atoms with Crippen LogP contribution >= 0.6 is 0 Å². The zero-order valence-electron chi connectivity index (χ0n) is 11.6. The van der Waals surface area contributed by atoms with Crippen molar-refractivity contribution in [3.63, 3.8) is 0 Å². The molecule has 0 aliphatic rings. The van der Waals surface area contributed by atoms with Crippen LogP contribution in [-0.4, -0.2) is 6.61 Å². The fraction of sp³-hybridized carbons (Fsp3) is 0.250. The molecule has 0 aromatic heterocycles. The molecule has 0 amide bonds. The Morgan fingerprint density at radius 1 is 0.947 bits per heavy atom. The summed E-state index contributed by atoms with van der Waals surface area (Å²) in [6.07, 6.45) is 0. The lowest BCUT2D eigenvalue weighted by molar-refractivity contribution is 0.341. The lowest BCUT2D eigenvalue weighted by Gasteiger charge is -2.06. The van der Waals surface area contributed by atoms with E-state index in [9.17, 15) is 0 Å². The first-order valence-electron chi connectivity index (χ1n) is 6.41. The van der Waals surface area contributed by atoms with E-state index in [0.717, 1.165) is 22.7 Å². The highest BCUT2D eigenvalue weighted by atomic mass is 16.5. The van der Waals surface area contributed by atoms with Gasteiger partial charge in [0.05, 0.1) is 12.3 Å². The predicted molar refractivity (Wildman–Crippen MR) is 77.7 cm³/mol. The van der Waals surface area contributed by atoms with Crippen LogP contribution in [-0.2, 0) is 0 Å². The standard InChI is InChI=1S/C16H18N2O/c1-4-19-16-9-8-13(3)11-15(16)18-17-14-7-5-6-12(2)10-14/h5-11H,4H2,1-3H3. The SMILES string of the molecule is CCOc1ccc(C)cc1N=Nc1cccc(C)c1.